The summed E-state index contributed by atoms with van der Waals surface area (Å²) in [5.74, 6) is -1.79. The van der Waals surface area contributed by atoms with Crippen molar-refractivity contribution in [2.24, 2.45) is 11.3 Å². The van der Waals surface area contributed by atoms with Gasteiger partial charge in [-0.3, -0.25) is 9.59 Å². The van der Waals surface area contributed by atoms with E-state index < -0.39 is 79.4 Å². The Bertz CT molecular complexity index is 2310. The Morgan fingerprint density at radius 2 is 1.79 bits per heavy atom. The summed E-state index contributed by atoms with van der Waals surface area (Å²) >= 11 is 1.46. The number of fused-ring (bicyclic) bond motifs is 1. The van der Waals surface area contributed by atoms with E-state index in [4.69, 9.17) is 28.4 Å². The van der Waals surface area contributed by atoms with Gasteiger partial charge >= 0.3 is 22.2 Å². The number of thiazole rings is 1. The zero-order valence-corrected chi connectivity index (χ0v) is 38.4. The largest absolute Gasteiger partial charge is 0.497 e. The molecule has 0 radical (unpaired) electrons. The van der Waals surface area contributed by atoms with Crippen LogP contribution in [0.25, 0.3) is 21.6 Å². The van der Waals surface area contributed by atoms with Gasteiger partial charge in [0.2, 0.25) is 11.8 Å². The van der Waals surface area contributed by atoms with Crippen LogP contribution in [0, 0.1) is 11.3 Å². The number of nitrogens with one attached hydrogen (secondary N) is 2. The van der Waals surface area contributed by atoms with Crippen LogP contribution in [0.15, 0.2) is 42.3 Å². The molecule has 1 aromatic carbocycles. The van der Waals surface area contributed by atoms with E-state index in [0.717, 1.165) is 5.69 Å². The lowest BCUT2D eigenvalue weighted by Gasteiger charge is -2.36. The maximum absolute atomic E-state index is 14.8. The number of amides is 3. The van der Waals surface area contributed by atoms with Crippen LogP contribution in [0.2, 0.25) is 0 Å². The van der Waals surface area contributed by atoms with Crippen molar-refractivity contribution in [2.45, 2.75) is 141 Å². The molecule has 61 heavy (non-hydrogen) atoms. The SMILES string of the molecule is C=CC1CC1(NC(=O)C1CC(Oc2cc(-c3nc(C(C)C)cs3)nc3cc(OC)ccc23)CN1C(=O)C(NC(=O)OC(C)(C)C)C(C)(C)C)C(=O)OS(=O)(=O)C1(CCC)CC1. The molecule has 332 valence electrons. The minimum absolute atomic E-state index is 0.0211. The lowest BCUT2D eigenvalue weighted by Crippen LogP contribution is -2.59. The fourth-order valence-electron chi connectivity index (χ4n) is 7.76. The summed E-state index contributed by atoms with van der Waals surface area (Å²) in [5.41, 5.74) is -1.36. The second kappa shape index (κ2) is 16.8. The highest BCUT2D eigenvalue weighted by atomic mass is 32.2. The van der Waals surface area contributed by atoms with Gasteiger partial charge in [0, 0.05) is 35.2 Å². The number of carbonyl (C=O) groups is 4. The van der Waals surface area contributed by atoms with E-state index in [-0.39, 0.29) is 25.3 Å². The zero-order valence-electron chi connectivity index (χ0n) is 36.7. The standard InChI is InChI=1S/C44H59N5O10S2/c1-12-16-43(17-18-43)61(54,55)59-39(52)44(22-26(44)13-2)48-36(50)33-20-28(23-49(33)38(51)35(41(5,6)7)47-40(53)58-42(8,9)10)57-34-21-31(37-46-32(24-60-37)25(3)4)45-30-19-27(56-11)14-15-29(30)34/h13-15,19,21,24-26,28,33,35H,2,12,16-18,20,22-23H2,1,3-11H3,(H,47,53)(H,48,50). The van der Waals surface area contributed by atoms with Gasteiger partial charge in [-0.05, 0) is 69.9 Å². The third-order valence-corrected chi connectivity index (χ3v) is 14.4. The second-order valence-corrected chi connectivity index (χ2v) is 21.6. The lowest BCUT2D eigenvalue weighted by atomic mass is 9.85. The van der Waals surface area contributed by atoms with Gasteiger partial charge in [0.25, 0.3) is 0 Å². The van der Waals surface area contributed by atoms with Crippen LogP contribution in [0.3, 0.4) is 0 Å². The minimum Gasteiger partial charge on any atom is -0.497 e. The van der Waals surface area contributed by atoms with Gasteiger partial charge < -0.3 is 33.9 Å². The third-order valence-electron chi connectivity index (χ3n) is 11.5. The zero-order chi connectivity index (χ0) is 44.9. The number of hydrogen-bond donors (Lipinski definition) is 2. The molecule has 2 saturated carbocycles. The van der Waals surface area contributed by atoms with Gasteiger partial charge in [-0.2, -0.15) is 8.42 Å². The van der Waals surface area contributed by atoms with Crippen molar-refractivity contribution in [1.82, 2.24) is 25.5 Å². The van der Waals surface area contributed by atoms with Crippen LogP contribution in [-0.2, 0) is 33.4 Å². The highest BCUT2D eigenvalue weighted by molar-refractivity contribution is 7.88. The van der Waals surface area contributed by atoms with E-state index in [1.54, 1.807) is 66.9 Å². The quantitative estimate of drug-likeness (QED) is 0.117. The number of benzene rings is 1. The molecule has 3 aliphatic rings. The first-order chi connectivity index (χ1) is 28.5. The predicted octanol–water partition coefficient (Wildman–Crippen LogP) is 7.04. The Labute approximate surface area is 362 Å². The molecule has 1 saturated heterocycles. The second-order valence-electron chi connectivity index (χ2n) is 18.8. The van der Waals surface area contributed by atoms with Gasteiger partial charge in [0.15, 0.2) is 0 Å². The molecule has 2 aliphatic carbocycles. The number of hydrogen-bond acceptors (Lipinski definition) is 13. The highest BCUT2D eigenvalue weighted by Gasteiger charge is 2.65. The van der Waals surface area contributed by atoms with Crippen molar-refractivity contribution in [3.05, 3.63) is 48.0 Å². The number of likely N-dealkylation sites (tertiary alicyclic amines) is 1. The fraction of sp³-hybridized carbons (Fsp3) is 0.591. The molecule has 0 bridgehead atoms. The molecule has 3 heterocycles. The lowest BCUT2D eigenvalue weighted by molar-refractivity contribution is -0.145. The van der Waals surface area contributed by atoms with Crippen molar-refractivity contribution in [3.8, 4) is 22.2 Å². The molecule has 3 aromatic rings. The monoisotopic (exact) mass is 881 g/mol. The average molecular weight is 882 g/mol. The fourth-order valence-corrected chi connectivity index (χ4v) is 10.3. The Morgan fingerprint density at radius 1 is 1.08 bits per heavy atom. The van der Waals surface area contributed by atoms with Crippen molar-refractivity contribution < 1.29 is 46.0 Å². The normalized spacial score (nSPS) is 22.6. The summed E-state index contributed by atoms with van der Waals surface area (Å²) < 4.78 is 48.7. The smallest absolute Gasteiger partial charge is 0.408 e. The van der Waals surface area contributed by atoms with Crippen LogP contribution in [0.1, 0.15) is 112 Å². The van der Waals surface area contributed by atoms with Crippen molar-refractivity contribution in [3.63, 3.8) is 0 Å². The van der Waals surface area contributed by atoms with E-state index in [2.05, 4.69) is 31.1 Å². The topological polar surface area (TPSA) is 192 Å². The number of nitrogens with zero attached hydrogens (tertiary/aromatic N) is 3. The molecule has 5 unspecified atom stereocenters. The maximum atomic E-state index is 14.8. The van der Waals surface area contributed by atoms with Crippen LogP contribution in [0.4, 0.5) is 4.79 Å². The molecule has 3 amide bonds. The summed E-state index contributed by atoms with van der Waals surface area (Å²) in [7, 11) is -2.73. The molecule has 5 atom stereocenters. The molecule has 2 N–H and O–H groups in total. The van der Waals surface area contributed by atoms with Crippen molar-refractivity contribution in [1.29, 1.82) is 0 Å². The van der Waals surface area contributed by atoms with Crippen LogP contribution in [-0.4, -0.2) is 94.9 Å². The van der Waals surface area contributed by atoms with Gasteiger partial charge in [0.05, 0.1) is 24.9 Å². The van der Waals surface area contributed by atoms with Crippen molar-refractivity contribution in [2.75, 3.05) is 13.7 Å². The summed E-state index contributed by atoms with van der Waals surface area (Å²) in [4.78, 5) is 67.5. The summed E-state index contributed by atoms with van der Waals surface area (Å²) in [6, 6.07) is 4.81. The first kappa shape index (κ1) is 45.7. The maximum Gasteiger partial charge on any atom is 0.408 e. The molecular weight excluding hydrogens is 823 g/mol. The Morgan fingerprint density at radius 3 is 2.34 bits per heavy atom. The van der Waals surface area contributed by atoms with E-state index >= 15 is 0 Å². The Hall–Kier alpha value is -4.77. The first-order valence-electron chi connectivity index (χ1n) is 20.8. The number of rotatable bonds is 15. The number of alkyl carbamates (subject to hydrolysis) is 1. The van der Waals surface area contributed by atoms with E-state index in [9.17, 15) is 27.6 Å². The molecule has 17 heteroatoms. The summed E-state index contributed by atoms with van der Waals surface area (Å²) in [5, 5.41) is 8.85. The third kappa shape index (κ3) is 9.67. The number of pyridine rings is 1. The van der Waals surface area contributed by atoms with Gasteiger partial charge in [-0.1, -0.05) is 54.0 Å². The predicted molar refractivity (Wildman–Crippen MR) is 232 cm³/mol. The average Bonchev–Trinajstić information content (AvgIpc) is 3.99. The van der Waals surface area contributed by atoms with Gasteiger partial charge in [0.1, 0.15) is 56.3 Å². The number of carbonyl (C=O) groups excluding carboxylic acids is 4. The molecule has 15 nitrogen and oxygen atoms in total. The first-order valence-corrected chi connectivity index (χ1v) is 23.1. The molecule has 6 rings (SSSR count). The number of methoxy groups -OCH3 is 1. The van der Waals surface area contributed by atoms with Crippen molar-refractivity contribution >= 4 is 56.2 Å². The Balaban J connectivity index is 1.35. The highest BCUT2D eigenvalue weighted by Crippen LogP contribution is 2.51. The van der Waals surface area contributed by atoms with E-state index in [1.807, 2.05) is 18.4 Å². The summed E-state index contributed by atoms with van der Waals surface area (Å²) in [6.45, 7) is 20.2. The summed E-state index contributed by atoms with van der Waals surface area (Å²) in [6.07, 6.45) is 1.65. The minimum atomic E-state index is -4.30. The molecule has 1 aliphatic heterocycles. The molecule has 0 spiro atoms. The molecular formula is C44H59N5O10S2. The molecule has 3 fully saturated rings. The van der Waals surface area contributed by atoms with Gasteiger partial charge in [-0.15, -0.1) is 17.9 Å². The Kier molecular flexibility index (Phi) is 12.6. The van der Waals surface area contributed by atoms with E-state index in [1.165, 1.54) is 22.3 Å². The van der Waals surface area contributed by atoms with Crippen LogP contribution < -0.4 is 20.1 Å². The number of ether oxygens (including phenoxy) is 3. The molecule has 2 aromatic heterocycles. The number of aromatic nitrogens is 2. The van der Waals surface area contributed by atoms with E-state index in [0.29, 0.717) is 58.8 Å². The van der Waals surface area contributed by atoms with Crippen LogP contribution in [0.5, 0.6) is 11.5 Å². The van der Waals surface area contributed by atoms with Crippen LogP contribution >= 0.6 is 11.3 Å². The van der Waals surface area contributed by atoms with Gasteiger partial charge in [-0.25, -0.2) is 19.6 Å².